The highest BCUT2D eigenvalue weighted by Crippen LogP contribution is 2.26. The maximum Gasteiger partial charge on any atom is 0.0658 e. The molecule has 1 rings (SSSR count). The summed E-state index contributed by atoms with van der Waals surface area (Å²) in [5.74, 6) is 0. The number of ether oxygens (including phenoxy) is 1. The van der Waals surface area contributed by atoms with Crippen molar-refractivity contribution in [3.05, 3.63) is 29.3 Å². The van der Waals surface area contributed by atoms with E-state index in [1.54, 1.807) is 7.11 Å². The molecule has 0 unspecified atom stereocenters. The Labute approximate surface area is 122 Å². The number of hydrogen-bond donors (Lipinski definition) is 2. The van der Waals surface area contributed by atoms with Crippen molar-refractivity contribution in [3.63, 3.8) is 0 Å². The standard InChI is InChI=1S/C16H28N2O2/c1-13-10-14(11-17-8-9-20-5)6-7-15(13)18(4)16(2,3)12-19/h6-7,10,17,19H,8-9,11-12H2,1-5H3. The lowest BCUT2D eigenvalue weighted by molar-refractivity contribution is 0.199. The van der Waals surface area contributed by atoms with Crippen LogP contribution in [-0.2, 0) is 11.3 Å². The van der Waals surface area contributed by atoms with E-state index in [0.29, 0.717) is 0 Å². The number of aliphatic hydroxyl groups is 1. The number of hydrogen-bond acceptors (Lipinski definition) is 4. The number of methoxy groups -OCH3 is 1. The fourth-order valence-electron chi connectivity index (χ4n) is 2.04. The molecule has 0 bridgehead atoms. The van der Waals surface area contributed by atoms with E-state index in [1.165, 1.54) is 11.1 Å². The number of nitrogens with zero attached hydrogens (tertiary/aromatic N) is 1. The first-order valence-corrected chi connectivity index (χ1v) is 7.06. The molecule has 0 amide bonds. The van der Waals surface area contributed by atoms with Crippen LogP contribution in [0.25, 0.3) is 0 Å². The average Bonchev–Trinajstić information content (AvgIpc) is 2.43. The summed E-state index contributed by atoms with van der Waals surface area (Å²) in [4.78, 5) is 2.13. The van der Waals surface area contributed by atoms with Crippen LogP contribution >= 0.6 is 0 Å². The van der Waals surface area contributed by atoms with Crippen LogP contribution in [0.3, 0.4) is 0 Å². The molecule has 4 heteroatoms. The minimum atomic E-state index is -0.261. The third-order valence-corrected chi connectivity index (χ3v) is 3.73. The highest BCUT2D eigenvalue weighted by molar-refractivity contribution is 5.55. The summed E-state index contributed by atoms with van der Waals surface area (Å²) in [7, 11) is 3.73. The third kappa shape index (κ3) is 4.47. The molecule has 0 spiro atoms. The first-order chi connectivity index (χ1) is 9.42. The maximum atomic E-state index is 9.47. The Morgan fingerprint density at radius 2 is 2.05 bits per heavy atom. The van der Waals surface area contributed by atoms with E-state index in [-0.39, 0.29) is 12.1 Å². The third-order valence-electron chi connectivity index (χ3n) is 3.73. The zero-order valence-corrected chi connectivity index (χ0v) is 13.4. The van der Waals surface area contributed by atoms with Gasteiger partial charge in [0.1, 0.15) is 0 Å². The van der Waals surface area contributed by atoms with Crippen molar-refractivity contribution in [1.82, 2.24) is 5.32 Å². The summed E-state index contributed by atoms with van der Waals surface area (Å²) in [5, 5.41) is 12.8. The number of nitrogens with one attached hydrogen (secondary N) is 1. The van der Waals surface area contributed by atoms with Crippen LogP contribution in [0, 0.1) is 6.92 Å². The lowest BCUT2D eigenvalue weighted by Crippen LogP contribution is -2.44. The smallest absolute Gasteiger partial charge is 0.0658 e. The van der Waals surface area contributed by atoms with Crippen LogP contribution in [0.2, 0.25) is 0 Å². The van der Waals surface area contributed by atoms with Gasteiger partial charge in [-0.1, -0.05) is 12.1 Å². The van der Waals surface area contributed by atoms with E-state index in [2.05, 4.69) is 35.3 Å². The Morgan fingerprint density at radius 3 is 2.60 bits per heavy atom. The lowest BCUT2D eigenvalue weighted by Gasteiger charge is -2.37. The summed E-state index contributed by atoms with van der Waals surface area (Å²) in [6, 6.07) is 6.45. The Kier molecular flexibility index (Phi) is 6.46. The van der Waals surface area contributed by atoms with Crippen LogP contribution in [0.1, 0.15) is 25.0 Å². The normalized spacial score (nSPS) is 11.7. The van der Waals surface area contributed by atoms with Crippen LogP contribution in [-0.4, -0.2) is 44.6 Å². The molecular formula is C16H28N2O2. The largest absolute Gasteiger partial charge is 0.394 e. The van der Waals surface area contributed by atoms with Crippen molar-refractivity contribution >= 4 is 5.69 Å². The molecule has 0 aliphatic carbocycles. The Hall–Kier alpha value is -1.10. The monoisotopic (exact) mass is 280 g/mol. The van der Waals surface area contributed by atoms with Crippen molar-refractivity contribution in [2.45, 2.75) is 32.9 Å². The van der Waals surface area contributed by atoms with Crippen molar-refractivity contribution in [2.75, 3.05) is 38.8 Å². The minimum absolute atomic E-state index is 0.128. The van der Waals surface area contributed by atoms with Gasteiger partial charge in [0, 0.05) is 32.9 Å². The number of benzene rings is 1. The highest BCUT2D eigenvalue weighted by atomic mass is 16.5. The van der Waals surface area contributed by atoms with Gasteiger partial charge >= 0.3 is 0 Å². The minimum Gasteiger partial charge on any atom is -0.394 e. The van der Waals surface area contributed by atoms with Gasteiger partial charge in [0.2, 0.25) is 0 Å². The molecule has 20 heavy (non-hydrogen) atoms. The van der Waals surface area contributed by atoms with Gasteiger partial charge in [-0.3, -0.25) is 0 Å². The Bertz CT molecular complexity index is 419. The quantitative estimate of drug-likeness (QED) is 0.714. The molecule has 4 nitrogen and oxygen atoms in total. The zero-order chi connectivity index (χ0) is 15.2. The molecule has 0 aliphatic rings. The zero-order valence-electron chi connectivity index (χ0n) is 13.4. The summed E-state index contributed by atoms with van der Waals surface area (Å²) in [6.45, 7) is 8.73. The Balaban J connectivity index is 2.73. The van der Waals surface area contributed by atoms with Crippen LogP contribution in [0.15, 0.2) is 18.2 Å². The van der Waals surface area contributed by atoms with E-state index in [4.69, 9.17) is 4.74 Å². The summed E-state index contributed by atoms with van der Waals surface area (Å²) < 4.78 is 5.01. The molecule has 114 valence electrons. The van der Waals surface area contributed by atoms with Gasteiger partial charge in [0.25, 0.3) is 0 Å². The second-order valence-corrected chi connectivity index (χ2v) is 5.82. The second-order valence-electron chi connectivity index (χ2n) is 5.82. The van der Waals surface area contributed by atoms with Crippen molar-refractivity contribution < 1.29 is 9.84 Å². The SMILES string of the molecule is COCCNCc1ccc(N(C)C(C)(C)CO)c(C)c1. The topological polar surface area (TPSA) is 44.7 Å². The van der Waals surface area contributed by atoms with Gasteiger partial charge < -0.3 is 20.1 Å². The molecule has 0 saturated carbocycles. The molecule has 0 heterocycles. The second kappa shape index (κ2) is 7.62. The molecule has 2 N–H and O–H groups in total. The van der Waals surface area contributed by atoms with E-state index in [0.717, 1.165) is 25.4 Å². The van der Waals surface area contributed by atoms with Gasteiger partial charge in [0.15, 0.2) is 0 Å². The first kappa shape index (κ1) is 17.0. The Morgan fingerprint density at radius 1 is 1.35 bits per heavy atom. The first-order valence-electron chi connectivity index (χ1n) is 7.06. The van der Waals surface area contributed by atoms with E-state index < -0.39 is 0 Å². The van der Waals surface area contributed by atoms with Gasteiger partial charge in [-0.05, 0) is 38.0 Å². The molecule has 0 aliphatic heterocycles. The molecule has 1 aromatic rings. The van der Waals surface area contributed by atoms with E-state index in [9.17, 15) is 5.11 Å². The van der Waals surface area contributed by atoms with Crippen molar-refractivity contribution in [3.8, 4) is 0 Å². The van der Waals surface area contributed by atoms with Gasteiger partial charge in [-0.2, -0.15) is 0 Å². The number of likely N-dealkylation sites (N-methyl/N-ethyl adjacent to an activating group) is 1. The molecule has 1 aromatic carbocycles. The van der Waals surface area contributed by atoms with Crippen LogP contribution in [0.5, 0.6) is 0 Å². The summed E-state index contributed by atoms with van der Waals surface area (Å²) in [5.41, 5.74) is 3.38. The number of aliphatic hydroxyl groups excluding tert-OH is 1. The van der Waals surface area contributed by atoms with Crippen molar-refractivity contribution in [1.29, 1.82) is 0 Å². The predicted octanol–water partition coefficient (Wildman–Crippen LogP) is 1.94. The number of aryl methyl sites for hydroxylation is 1. The fraction of sp³-hybridized carbons (Fsp3) is 0.625. The average molecular weight is 280 g/mol. The van der Waals surface area contributed by atoms with Crippen molar-refractivity contribution in [2.24, 2.45) is 0 Å². The highest BCUT2D eigenvalue weighted by Gasteiger charge is 2.23. The van der Waals surface area contributed by atoms with E-state index >= 15 is 0 Å². The molecule has 0 fully saturated rings. The predicted molar refractivity (Wildman–Crippen MR) is 84.3 cm³/mol. The van der Waals surface area contributed by atoms with Gasteiger partial charge in [-0.15, -0.1) is 0 Å². The molecule has 0 radical (unpaired) electrons. The number of rotatable bonds is 8. The fourth-order valence-corrected chi connectivity index (χ4v) is 2.04. The number of anilines is 1. The lowest BCUT2D eigenvalue weighted by atomic mass is 10.0. The molecule has 0 saturated heterocycles. The van der Waals surface area contributed by atoms with Crippen LogP contribution in [0.4, 0.5) is 5.69 Å². The molecule has 0 atom stereocenters. The van der Waals surface area contributed by atoms with Crippen LogP contribution < -0.4 is 10.2 Å². The van der Waals surface area contributed by atoms with E-state index in [1.807, 2.05) is 20.9 Å². The maximum absolute atomic E-state index is 9.47. The summed E-state index contributed by atoms with van der Waals surface area (Å²) >= 11 is 0. The summed E-state index contributed by atoms with van der Waals surface area (Å²) in [6.07, 6.45) is 0. The van der Waals surface area contributed by atoms with Gasteiger partial charge in [-0.25, -0.2) is 0 Å². The van der Waals surface area contributed by atoms with Gasteiger partial charge in [0.05, 0.1) is 18.8 Å². The molecular weight excluding hydrogens is 252 g/mol. The molecule has 0 aromatic heterocycles.